The van der Waals surface area contributed by atoms with E-state index in [1.165, 1.54) is 38.5 Å². The van der Waals surface area contributed by atoms with Crippen molar-refractivity contribution in [3.63, 3.8) is 0 Å². The monoisotopic (exact) mass is 253 g/mol. The molecule has 2 fully saturated rings. The summed E-state index contributed by atoms with van der Waals surface area (Å²) in [5, 5.41) is 3.36. The molecule has 0 heterocycles. The second-order valence-electron chi connectivity index (χ2n) is 5.75. The normalized spacial score (nSPS) is 22.6. The molecular weight excluding hydrogens is 226 g/mol. The SMILES string of the molecule is CCN(CCC(NC1CC1)C(N)=O)C1CCCC1. The molecule has 2 saturated carbocycles. The molecule has 1 unspecified atom stereocenters. The maximum Gasteiger partial charge on any atom is 0.234 e. The molecule has 0 aromatic carbocycles. The Balaban J connectivity index is 1.76. The molecule has 2 aliphatic rings. The van der Waals surface area contributed by atoms with Crippen molar-refractivity contribution in [1.82, 2.24) is 10.2 Å². The lowest BCUT2D eigenvalue weighted by atomic mass is 10.1. The lowest BCUT2D eigenvalue weighted by Gasteiger charge is -2.28. The Morgan fingerprint density at radius 1 is 1.33 bits per heavy atom. The van der Waals surface area contributed by atoms with Gasteiger partial charge in [-0.15, -0.1) is 0 Å². The van der Waals surface area contributed by atoms with Crippen LogP contribution >= 0.6 is 0 Å². The van der Waals surface area contributed by atoms with E-state index in [1.54, 1.807) is 0 Å². The van der Waals surface area contributed by atoms with Crippen LogP contribution in [0.1, 0.15) is 51.9 Å². The molecule has 0 aromatic rings. The fourth-order valence-electron chi connectivity index (χ4n) is 3.01. The average Bonchev–Trinajstić information content (AvgIpc) is 3.00. The van der Waals surface area contributed by atoms with Crippen LogP contribution in [0.3, 0.4) is 0 Å². The quantitative estimate of drug-likeness (QED) is 0.684. The molecule has 2 aliphatic carbocycles. The number of nitrogens with two attached hydrogens (primary N) is 1. The zero-order chi connectivity index (χ0) is 13.0. The highest BCUT2D eigenvalue weighted by molar-refractivity contribution is 5.79. The summed E-state index contributed by atoms with van der Waals surface area (Å²) in [6.45, 7) is 4.29. The van der Waals surface area contributed by atoms with Crippen LogP contribution in [0, 0.1) is 0 Å². The predicted octanol–water partition coefficient (Wildman–Crippen LogP) is 1.25. The average molecular weight is 253 g/mol. The first-order valence-corrected chi connectivity index (χ1v) is 7.50. The number of amides is 1. The standard InChI is InChI=1S/C14H27N3O/c1-2-17(12-5-3-4-6-12)10-9-13(14(15)18)16-11-7-8-11/h11-13,16H,2-10H2,1H3,(H2,15,18). The Labute approximate surface area is 110 Å². The van der Waals surface area contributed by atoms with Gasteiger partial charge in [0.1, 0.15) is 0 Å². The maximum atomic E-state index is 11.4. The van der Waals surface area contributed by atoms with Gasteiger partial charge in [0.2, 0.25) is 5.91 Å². The fourth-order valence-corrected chi connectivity index (χ4v) is 3.01. The molecule has 1 atom stereocenters. The van der Waals surface area contributed by atoms with E-state index in [4.69, 9.17) is 5.73 Å². The summed E-state index contributed by atoms with van der Waals surface area (Å²) in [6.07, 6.45) is 8.63. The third kappa shape index (κ3) is 3.95. The van der Waals surface area contributed by atoms with Crippen LogP contribution in [0.25, 0.3) is 0 Å². The third-order valence-corrected chi connectivity index (χ3v) is 4.31. The van der Waals surface area contributed by atoms with E-state index in [1.807, 2.05) is 0 Å². The minimum absolute atomic E-state index is 0.132. The highest BCUT2D eigenvalue weighted by atomic mass is 16.1. The van der Waals surface area contributed by atoms with Crippen LogP contribution in [0.15, 0.2) is 0 Å². The van der Waals surface area contributed by atoms with Gasteiger partial charge in [0.25, 0.3) is 0 Å². The van der Waals surface area contributed by atoms with E-state index in [0.29, 0.717) is 6.04 Å². The van der Waals surface area contributed by atoms with Crippen molar-refractivity contribution < 1.29 is 4.79 Å². The Hall–Kier alpha value is -0.610. The second kappa shape index (κ2) is 6.53. The molecule has 0 bridgehead atoms. The summed E-state index contributed by atoms with van der Waals surface area (Å²) in [5.41, 5.74) is 5.47. The Morgan fingerprint density at radius 3 is 2.50 bits per heavy atom. The van der Waals surface area contributed by atoms with E-state index in [-0.39, 0.29) is 11.9 Å². The van der Waals surface area contributed by atoms with Gasteiger partial charge in [0, 0.05) is 18.6 Å². The molecule has 0 saturated heterocycles. The summed E-state index contributed by atoms with van der Waals surface area (Å²) in [4.78, 5) is 14.0. The van der Waals surface area contributed by atoms with Crippen molar-refractivity contribution in [2.75, 3.05) is 13.1 Å². The van der Waals surface area contributed by atoms with Gasteiger partial charge in [0.05, 0.1) is 6.04 Å². The number of hydrogen-bond acceptors (Lipinski definition) is 3. The minimum Gasteiger partial charge on any atom is -0.368 e. The van der Waals surface area contributed by atoms with E-state index < -0.39 is 0 Å². The molecule has 0 spiro atoms. The molecule has 0 aromatic heterocycles. The molecule has 4 nitrogen and oxygen atoms in total. The van der Waals surface area contributed by atoms with Crippen molar-refractivity contribution in [3.8, 4) is 0 Å². The number of hydrogen-bond donors (Lipinski definition) is 2. The molecule has 0 aliphatic heterocycles. The fraction of sp³-hybridized carbons (Fsp3) is 0.929. The minimum atomic E-state index is -0.190. The molecule has 18 heavy (non-hydrogen) atoms. The summed E-state index contributed by atoms with van der Waals surface area (Å²) in [6, 6.07) is 1.15. The van der Waals surface area contributed by atoms with Crippen LogP contribution < -0.4 is 11.1 Å². The number of rotatable bonds is 8. The van der Waals surface area contributed by atoms with Gasteiger partial charge in [-0.2, -0.15) is 0 Å². The zero-order valence-electron chi connectivity index (χ0n) is 11.5. The molecule has 0 radical (unpaired) electrons. The third-order valence-electron chi connectivity index (χ3n) is 4.31. The van der Waals surface area contributed by atoms with Crippen molar-refractivity contribution >= 4 is 5.91 Å². The first kappa shape index (κ1) is 13.8. The maximum absolute atomic E-state index is 11.4. The molecule has 1 amide bonds. The first-order chi connectivity index (χ1) is 8.70. The molecule has 2 rings (SSSR count). The van der Waals surface area contributed by atoms with Gasteiger partial charge in [-0.3, -0.25) is 4.79 Å². The zero-order valence-corrected chi connectivity index (χ0v) is 11.5. The lowest BCUT2D eigenvalue weighted by Crippen LogP contribution is -2.45. The van der Waals surface area contributed by atoms with E-state index >= 15 is 0 Å². The smallest absolute Gasteiger partial charge is 0.234 e. The predicted molar refractivity (Wildman–Crippen MR) is 73.3 cm³/mol. The van der Waals surface area contributed by atoms with Crippen molar-refractivity contribution in [2.45, 2.75) is 70.0 Å². The van der Waals surface area contributed by atoms with Crippen LogP contribution in [0.4, 0.5) is 0 Å². The van der Waals surface area contributed by atoms with Crippen molar-refractivity contribution in [1.29, 1.82) is 0 Å². The number of primary amides is 1. The highest BCUT2D eigenvalue weighted by Crippen LogP contribution is 2.24. The molecular formula is C14H27N3O. The van der Waals surface area contributed by atoms with E-state index in [2.05, 4.69) is 17.1 Å². The topological polar surface area (TPSA) is 58.4 Å². The van der Waals surface area contributed by atoms with Gasteiger partial charge in [-0.25, -0.2) is 0 Å². The summed E-state index contributed by atoms with van der Waals surface area (Å²) in [5.74, 6) is -0.190. The van der Waals surface area contributed by atoms with E-state index in [0.717, 1.165) is 25.6 Å². The Morgan fingerprint density at radius 2 is 2.00 bits per heavy atom. The Bertz CT molecular complexity index is 272. The van der Waals surface area contributed by atoms with Crippen molar-refractivity contribution in [2.24, 2.45) is 5.73 Å². The number of carbonyl (C=O) groups excluding carboxylic acids is 1. The van der Waals surface area contributed by atoms with Gasteiger partial charge in [-0.05, 0) is 38.6 Å². The number of carbonyl (C=O) groups is 1. The highest BCUT2D eigenvalue weighted by Gasteiger charge is 2.28. The van der Waals surface area contributed by atoms with Crippen LogP contribution in [-0.4, -0.2) is 42.0 Å². The first-order valence-electron chi connectivity index (χ1n) is 7.50. The Kier molecular flexibility index (Phi) is 5.01. The van der Waals surface area contributed by atoms with Crippen LogP contribution in [-0.2, 0) is 4.79 Å². The summed E-state index contributed by atoms with van der Waals surface area (Å²) >= 11 is 0. The van der Waals surface area contributed by atoms with Crippen LogP contribution in [0.5, 0.6) is 0 Å². The number of nitrogens with one attached hydrogen (secondary N) is 1. The largest absolute Gasteiger partial charge is 0.368 e. The molecule has 104 valence electrons. The summed E-state index contributed by atoms with van der Waals surface area (Å²) in [7, 11) is 0. The lowest BCUT2D eigenvalue weighted by molar-refractivity contribution is -0.120. The van der Waals surface area contributed by atoms with Gasteiger partial charge < -0.3 is 16.0 Å². The van der Waals surface area contributed by atoms with Crippen LogP contribution in [0.2, 0.25) is 0 Å². The van der Waals surface area contributed by atoms with Gasteiger partial charge >= 0.3 is 0 Å². The summed E-state index contributed by atoms with van der Waals surface area (Å²) < 4.78 is 0. The van der Waals surface area contributed by atoms with Gasteiger partial charge in [-0.1, -0.05) is 19.8 Å². The number of nitrogens with zero attached hydrogens (tertiary/aromatic N) is 1. The van der Waals surface area contributed by atoms with Gasteiger partial charge in [0.15, 0.2) is 0 Å². The molecule has 4 heteroatoms. The van der Waals surface area contributed by atoms with Crippen molar-refractivity contribution in [3.05, 3.63) is 0 Å². The molecule has 3 N–H and O–H groups in total. The van der Waals surface area contributed by atoms with E-state index in [9.17, 15) is 4.79 Å². The second-order valence-corrected chi connectivity index (χ2v) is 5.75.